The van der Waals surface area contributed by atoms with Gasteiger partial charge in [0.25, 0.3) is 0 Å². The van der Waals surface area contributed by atoms with Crippen LogP contribution in [0.1, 0.15) is 49.1 Å². The van der Waals surface area contributed by atoms with Crippen molar-refractivity contribution in [3.05, 3.63) is 83.9 Å². The van der Waals surface area contributed by atoms with Crippen molar-refractivity contribution < 1.29 is 14.3 Å². The number of nitrogens with zero attached hydrogens (tertiary/aromatic N) is 1. The van der Waals surface area contributed by atoms with Crippen LogP contribution in [0.4, 0.5) is 16.2 Å². The van der Waals surface area contributed by atoms with Gasteiger partial charge in [0.1, 0.15) is 0 Å². The van der Waals surface area contributed by atoms with Crippen LogP contribution in [-0.2, 0) is 16.1 Å². The number of para-hydroxylation sites is 1. The van der Waals surface area contributed by atoms with Crippen molar-refractivity contribution in [2.24, 2.45) is 5.92 Å². The van der Waals surface area contributed by atoms with E-state index in [2.05, 4.69) is 53.1 Å². The first-order valence-electron chi connectivity index (χ1n) is 13.2. The average Bonchev–Trinajstić information content (AvgIpc) is 3.16. The van der Waals surface area contributed by atoms with E-state index in [0.717, 1.165) is 61.3 Å². The predicted molar refractivity (Wildman–Crippen MR) is 148 cm³/mol. The standard InChI is InChI=1S/C31H35N3O3/c1-37-30(35)19-22-7-9-23(10-8-22)24-11-13-25(14-12-24)26-15-16-29-27(20-26)21-32-17-18-34(29)31(36)33-28-5-3-2-4-6-28/h2-6,11-16,20,22-23,32H,7-10,17-19,21H2,1H3,(H,33,36). The van der Waals surface area contributed by atoms with Crippen LogP contribution in [0, 0.1) is 5.92 Å². The van der Waals surface area contributed by atoms with Crippen molar-refractivity contribution in [3.63, 3.8) is 0 Å². The second kappa shape index (κ2) is 11.6. The fraction of sp³-hybridized carbons (Fsp3) is 0.355. The molecule has 3 aromatic rings. The summed E-state index contributed by atoms with van der Waals surface area (Å²) in [5.41, 5.74) is 6.56. The first-order chi connectivity index (χ1) is 18.1. The van der Waals surface area contributed by atoms with Crippen LogP contribution in [0.15, 0.2) is 72.8 Å². The number of hydrogen-bond donors (Lipinski definition) is 2. The second-order valence-corrected chi connectivity index (χ2v) is 10.1. The zero-order chi connectivity index (χ0) is 25.6. The molecule has 2 N–H and O–H groups in total. The van der Waals surface area contributed by atoms with Gasteiger partial charge in [-0.25, -0.2) is 4.79 Å². The lowest BCUT2D eigenvalue weighted by atomic mass is 9.77. The lowest BCUT2D eigenvalue weighted by molar-refractivity contribution is -0.142. The molecule has 0 bridgehead atoms. The number of methoxy groups -OCH3 is 1. The van der Waals surface area contributed by atoms with E-state index in [9.17, 15) is 9.59 Å². The SMILES string of the molecule is COC(=O)CC1CCC(c2ccc(-c3ccc4c(c3)CNCCN4C(=O)Nc3ccccc3)cc2)CC1. The number of carbonyl (C=O) groups is 2. The van der Waals surface area contributed by atoms with Gasteiger partial charge in [-0.05, 0) is 84.0 Å². The van der Waals surface area contributed by atoms with E-state index in [1.54, 1.807) is 0 Å². The largest absolute Gasteiger partial charge is 0.469 e. The van der Waals surface area contributed by atoms with E-state index in [4.69, 9.17) is 4.74 Å². The summed E-state index contributed by atoms with van der Waals surface area (Å²) in [6, 6.07) is 24.8. The molecule has 0 unspecified atom stereocenters. The summed E-state index contributed by atoms with van der Waals surface area (Å²) >= 11 is 0. The Morgan fingerprint density at radius 3 is 2.41 bits per heavy atom. The van der Waals surface area contributed by atoms with Gasteiger partial charge in [0, 0.05) is 37.4 Å². The fourth-order valence-electron chi connectivity index (χ4n) is 5.59. The molecule has 3 aromatic carbocycles. The van der Waals surface area contributed by atoms with Gasteiger partial charge in [0.05, 0.1) is 7.11 Å². The highest BCUT2D eigenvalue weighted by Crippen LogP contribution is 2.38. The molecule has 1 heterocycles. The highest BCUT2D eigenvalue weighted by atomic mass is 16.5. The summed E-state index contributed by atoms with van der Waals surface area (Å²) in [5, 5.41) is 6.47. The first-order valence-corrected chi connectivity index (χ1v) is 13.2. The summed E-state index contributed by atoms with van der Waals surface area (Å²) < 4.78 is 4.84. The third kappa shape index (κ3) is 6.03. The highest BCUT2D eigenvalue weighted by Gasteiger charge is 2.25. The van der Waals surface area contributed by atoms with Crippen molar-refractivity contribution in [1.82, 2.24) is 5.32 Å². The second-order valence-electron chi connectivity index (χ2n) is 10.1. The maximum atomic E-state index is 13.1. The van der Waals surface area contributed by atoms with Crippen molar-refractivity contribution in [2.75, 3.05) is 30.4 Å². The number of fused-ring (bicyclic) bond motifs is 1. The molecule has 1 aliphatic heterocycles. The van der Waals surface area contributed by atoms with Crippen molar-refractivity contribution in [3.8, 4) is 11.1 Å². The van der Waals surface area contributed by atoms with E-state index in [-0.39, 0.29) is 12.0 Å². The fourth-order valence-corrected chi connectivity index (χ4v) is 5.59. The monoisotopic (exact) mass is 497 g/mol. The van der Waals surface area contributed by atoms with Gasteiger partial charge in [-0.15, -0.1) is 0 Å². The molecule has 192 valence electrons. The Morgan fingerprint density at radius 1 is 0.946 bits per heavy atom. The Hall–Kier alpha value is -3.64. The van der Waals surface area contributed by atoms with Crippen LogP contribution < -0.4 is 15.5 Å². The Balaban J connectivity index is 1.27. The van der Waals surface area contributed by atoms with E-state index >= 15 is 0 Å². The third-order valence-electron chi connectivity index (χ3n) is 7.71. The number of carbonyl (C=O) groups excluding carboxylic acids is 2. The summed E-state index contributed by atoms with van der Waals surface area (Å²) in [7, 11) is 1.47. The lowest BCUT2D eigenvalue weighted by Crippen LogP contribution is -2.38. The zero-order valence-electron chi connectivity index (χ0n) is 21.4. The molecule has 0 atom stereocenters. The number of hydrogen-bond acceptors (Lipinski definition) is 4. The minimum absolute atomic E-state index is 0.0938. The smallest absolute Gasteiger partial charge is 0.326 e. The molecule has 6 nitrogen and oxygen atoms in total. The van der Waals surface area contributed by atoms with Gasteiger partial charge >= 0.3 is 12.0 Å². The van der Waals surface area contributed by atoms with Crippen molar-refractivity contribution in [1.29, 1.82) is 0 Å². The Labute approximate surface area is 219 Å². The molecule has 0 saturated heterocycles. The van der Waals surface area contributed by atoms with Crippen LogP contribution >= 0.6 is 0 Å². The van der Waals surface area contributed by atoms with Gasteiger partial charge in [-0.3, -0.25) is 9.69 Å². The van der Waals surface area contributed by atoms with Gasteiger partial charge < -0.3 is 15.4 Å². The molecule has 2 aliphatic rings. The van der Waals surface area contributed by atoms with Crippen molar-refractivity contribution >= 4 is 23.4 Å². The predicted octanol–water partition coefficient (Wildman–Crippen LogP) is 6.33. The van der Waals surface area contributed by atoms with Crippen LogP contribution in [0.2, 0.25) is 0 Å². The first kappa shape index (κ1) is 25.0. The number of ether oxygens (including phenoxy) is 1. The van der Waals surface area contributed by atoms with E-state index in [1.807, 2.05) is 35.2 Å². The van der Waals surface area contributed by atoms with Gasteiger partial charge in [0.2, 0.25) is 0 Å². The number of rotatable bonds is 5. The maximum absolute atomic E-state index is 13.1. The van der Waals surface area contributed by atoms with E-state index in [0.29, 0.717) is 24.8 Å². The van der Waals surface area contributed by atoms with Gasteiger partial charge in [-0.1, -0.05) is 48.5 Å². The number of amides is 2. The molecule has 1 saturated carbocycles. The molecule has 1 fully saturated rings. The lowest BCUT2D eigenvalue weighted by Gasteiger charge is -2.28. The molecule has 5 rings (SSSR count). The van der Waals surface area contributed by atoms with Crippen LogP contribution in [0.25, 0.3) is 11.1 Å². The normalized spacial score (nSPS) is 19.4. The molecular weight excluding hydrogens is 462 g/mol. The highest BCUT2D eigenvalue weighted by molar-refractivity contribution is 6.02. The van der Waals surface area contributed by atoms with E-state index in [1.165, 1.54) is 18.2 Å². The number of urea groups is 1. The number of nitrogens with one attached hydrogen (secondary N) is 2. The van der Waals surface area contributed by atoms with Crippen molar-refractivity contribution in [2.45, 2.75) is 44.6 Å². The number of benzene rings is 3. The maximum Gasteiger partial charge on any atom is 0.326 e. The summed E-state index contributed by atoms with van der Waals surface area (Å²) in [4.78, 5) is 26.5. The number of anilines is 2. The van der Waals surface area contributed by atoms with E-state index < -0.39 is 0 Å². The molecule has 0 radical (unpaired) electrons. The Bertz CT molecular complexity index is 1220. The Morgan fingerprint density at radius 2 is 1.68 bits per heavy atom. The molecule has 2 amide bonds. The molecule has 37 heavy (non-hydrogen) atoms. The molecule has 0 aromatic heterocycles. The zero-order valence-corrected chi connectivity index (χ0v) is 21.4. The Kier molecular flexibility index (Phi) is 7.85. The minimum Gasteiger partial charge on any atom is -0.469 e. The average molecular weight is 498 g/mol. The van der Waals surface area contributed by atoms with Crippen LogP contribution in [-0.4, -0.2) is 32.2 Å². The van der Waals surface area contributed by atoms with Crippen LogP contribution in [0.5, 0.6) is 0 Å². The van der Waals surface area contributed by atoms with Gasteiger partial charge in [0.15, 0.2) is 0 Å². The summed E-state index contributed by atoms with van der Waals surface area (Å²) in [6.07, 6.45) is 4.93. The molecule has 1 aliphatic carbocycles. The minimum atomic E-state index is -0.116. The van der Waals surface area contributed by atoms with Gasteiger partial charge in [-0.2, -0.15) is 0 Å². The van der Waals surface area contributed by atoms with Crippen LogP contribution in [0.3, 0.4) is 0 Å². The third-order valence-corrected chi connectivity index (χ3v) is 7.71. The number of esters is 1. The summed E-state index contributed by atoms with van der Waals surface area (Å²) in [5.74, 6) is 0.907. The molecule has 6 heteroatoms. The molecule has 0 spiro atoms. The molecular formula is C31H35N3O3. The summed E-state index contributed by atoms with van der Waals surface area (Å²) in [6.45, 7) is 2.08. The quantitative estimate of drug-likeness (QED) is 0.404. The topological polar surface area (TPSA) is 70.7 Å².